The monoisotopic (exact) mass is 642 g/mol. The first kappa shape index (κ1) is 26.9. The first-order valence-electron chi connectivity index (χ1n) is 16.6. The lowest BCUT2D eigenvalue weighted by Gasteiger charge is -2.18. The number of fused-ring (bicyclic) bond motifs is 9. The maximum atomic E-state index is 6.57. The molecule has 49 heavy (non-hydrogen) atoms. The van der Waals surface area contributed by atoms with Crippen LogP contribution in [-0.2, 0) is 0 Å². The predicted octanol–water partition coefficient (Wildman–Crippen LogP) is 14.0. The van der Waals surface area contributed by atoms with E-state index in [2.05, 4.69) is 140 Å². The van der Waals surface area contributed by atoms with Crippen molar-refractivity contribution >= 4 is 86.0 Å². The molecular weight excluding hydrogens is 617 g/mol. The zero-order chi connectivity index (χ0) is 32.1. The highest BCUT2D eigenvalue weighted by atomic mass is 32.1. The van der Waals surface area contributed by atoms with Crippen LogP contribution >= 0.6 is 11.3 Å². The Morgan fingerprint density at radius 3 is 1.80 bits per heavy atom. The average molecular weight is 643 g/mol. The molecule has 11 aromatic rings. The van der Waals surface area contributed by atoms with Crippen molar-refractivity contribution in [3.63, 3.8) is 0 Å². The third-order valence-corrected chi connectivity index (χ3v) is 11.4. The number of benzene rings is 8. The molecular formula is C46H26O2S. The smallest absolute Gasteiger partial charge is 0.139 e. The van der Waals surface area contributed by atoms with Gasteiger partial charge in [0.15, 0.2) is 0 Å². The van der Waals surface area contributed by atoms with E-state index in [4.69, 9.17) is 8.83 Å². The van der Waals surface area contributed by atoms with Gasteiger partial charge in [0.05, 0.1) is 6.26 Å². The van der Waals surface area contributed by atoms with Crippen LogP contribution in [0.5, 0.6) is 0 Å². The van der Waals surface area contributed by atoms with E-state index in [-0.39, 0.29) is 0 Å². The van der Waals surface area contributed by atoms with Gasteiger partial charge in [0.25, 0.3) is 0 Å². The van der Waals surface area contributed by atoms with E-state index < -0.39 is 0 Å². The maximum Gasteiger partial charge on any atom is 0.139 e. The van der Waals surface area contributed by atoms with Crippen LogP contribution in [0.1, 0.15) is 0 Å². The van der Waals surface area contributed by atoms with Crippen molar-refractivity contribution in [1.82, 2.24) is 0 Å². The van der Waals surface area contributed by atoms with E-state index in [0.29, 0.717) is 0 Å². The molecule has 0 radical (unpaired) electrons. The fraction of sp³-hybridized carbons (Fsp3) is 0. The van der Waals surface area contributed by atoms with E-state index in [0.717, 1.165) is 49.6 Å². The Bertz CT molecular complexity index is 3050. The van der Waals surface area contributed by atoms with Gasteiger partial charge in [0.1, 0.15) is 16.7 Å². The third kappa shape index (κ3) is 3.88. The minimum Gasteiger partial charge on any atom is -0.464 e. The SMILES string of the molecule is c1ccc(-c2coc3cc4oc5cc(-c6c7ccccc7c(-c7cccc8c7sc7ccccc78)c7ccccc67)ccc5c4cc23)cc1. The zero-order valence-corrected chi connectivity index (χ0v) is 27.1. The second kappa shape index (κ2) is 10.2. The summed E-state index contributed by atoms with van der Waals surface area (Å²) in [4.78, 5) is 0. The van der Waals surface area contributed by atoms with E-state index >= 15 is 0 Å². The van der Waals surface area contributed by atoms with Crippen LogP contribution in [0.25, 0.3) is 108 Å². The Morgan fingerprint density at radius 2 is 1.02 bits per heavy atom. The van der Waals surface area contributed by atoms with Crippen LogP contribution in [0.2, 0.25) is 0 Å². The van der Waals surface area contributed by atoms with Gasteiger partial charge >= 0.3 is 0 Å². The summed E-state index contributed by atoms with van der Waals surface area (Å²) in [5, 5.41) is 10.9. The van der Waals surface area contributed by atoms with Crippen molar-refractivity contribution in [2.45, 2.75) is 0 Å². The first-order chi connectivity index (χ1) is 24.3. The molecule has 0 atom stereocenters. The summed E-state index contributed by atoms with van der Waals surface area (Å²) in [5.74, 6) is 0. The van der Waals surface area contributed by atoms with E-state index in [9.17, 15) is 0 Å². The van der Waals surface area contributed by atoms with E-state index in [1.54, 1.807) is 0 Å². The predicted molar refractivity (Wildman–Crippen MR) is 208 cm³/mol. The van der Waals surface area contributed by atoms with Gasteiger partial charge in [0.2, 0.25) is 0 Å². The molecule has 0 saturated heterocycles. The lowest BCUT2D eigenvalue weighted by Crippen LogP contribution is -1.91. The summed E-state index contributed by atoms with van der Waals surface area (Å²) in [6, 6.07) is 54.6. The van der Waals surface area contributed by atoms with Crippen LogP contribution in [-0.4, -0.2) is 0 Å². The molecule has 0 N–H and O–H groups in total. The zero-order valence-electron chi connectivity index (χ0n) is 26.2. The Morgan fingerprint density at radius 1 is 0.367 bits per heavy atom. The van der Waals surface area contributed by atoms with Crippen LogP contribution in [0.3, 0.4) is 0 Å². The third-order valence-electron chi connectivity index (χ3n) is 10.1. The molecule has 228 valence electrons. The van der Waals surface area contributed by atoms with Crippen LogP contribution < -0.4 is 0 Å². The molecule has 11 rings (SSSR count). The minimum atomic E-state index is 0.826. The highest BCUT2D eigenvalue weighted by Crippen LogP contribution is 2.48. The largest absolute Gasteiger partial charge is 0.464 e. The Balaban J connectivity index is 1.16. The maximum absolute atomic E-state index is 6.57. The van der Waals surface area contributed by atoms with Gasteiger partial charge < -0.3 is 8.83 Å². The standard InChI is InChI=1S/C46H26O2S/c1-2-11-27(12-3-1)39-26-47-40-25-42-37(24-38(39)40)29-22-21-28(23-41(29)48-42)44-31-14-4-6-16-33(31)45(34-17-7-5-15-32(34)44)36-19-10-18-35-30-13-8-9-20-43(30)49-46(35)36/h1-26H. The Labute approximate surface area is 285 Å². The summed E-state index contributed by atoms with van der Waals surface area (Å²) < 4.78 is 15.3. The van der Waals surface area contributed by atoms with Crippen molar-refractivity contribution in [2.24, 2.45) is 0 Å². The molecule has 0 fully saturated rings. The molecule has 3 heterocycles. The normalized spacial score (nSPS) is 12.1. The van der Waals surface area contributed by atoms with Crippen LogP contribution in [0.4, 0.5) is 0 Å². The number of thiophene rings is 1. The highest BCUT2D eigenvalue weighted by Gasteiger charge is 2.20. The highest BCUT2D eigenvalue weighted by molar-refractivity contribution is 7.26. The van der Waals surface area contributed by atoms with E-state index in [1.807, 2.05) is 29.7 Å². The van der Waals surface area contributed by atoms with Gasteiger partial charge in [-0.3, -0.25) is 0 Å². The molecule has 3 aromatic heterocycles. The average Bonchev–Trinajstić information content (AvgIpc) is 3.86. The second-order valence-electron chi connectivity index (χ2n) is 12.8. The topological polar surface area (TPSA) is 26.3 Å². The van der Waals surface area contributed by atoms with Crippen molar-refractivity contribution in [2.75, 3.05) is 0 Å². The molecule has 0 spiro atoms. The quantitative estimate of drug-likeness (QED) is 0.179. The second-order valence-corrected chi connectivity index (χ2v) is 13.8. The lowest BCUT2D eigenvalue weighted by molar-refractivity contribution is 0.614. The summed E-state index contributed by atoms with van der Waals surface area (Å²) in [7, 11) is 0. The minimum absolute atomic E-state index is 0.826. The summed E-state index contributed by atoms with van der Waals surface area (Å²) in [6.07, 6.45) is 1.85. The molecule has 0 unspecified atom stereocenters. The number of rotatable bonds is 3. The number of hydrogen-bond acceptors (Lipinski definition) is 3. The van der Waals surface area contributed by atoms with Gasteiger partial charge in [-0.15, -0.1) is 11.3 Å². The first-order valence-corrected chi connectivity index (χ1v) is 17.4. The molecule has 3 heteroatoms. The fourth-order valence-corrected chi connectivity index (χ4v) is 9.19. The van der Waals surface area contributed by atoms with Crippen molar-refractivity contribution in [3.05, 3.63) is 158 Å². The molecule has 0 aliphatic rings. The molecule has 0 saturated carbocycles. The molecule has 2 nitrogen and oxygen atoms in total. The lowest BCUT2D eigenvalue weighted by atomic mass is 9.85. The molecule has 0 aliphatic heterocycles. The summed E-state index contributed by atoms with van der Waals surface area (Å²) in [6.45, 7) is 0. The molecule has 0 bridgehead atoms. The summed E-state index contributed by atoms with van der Waals surface area (Å²) in [5.41, 5.74) is 9.68. The fourth-order valence-electron chi connectivity index (χ4n) is 7.97. The number of hydrogen-bond donors (Lipinski definition) is 0. The van der Waals surface area contributed by atoms with Crippen molar-refractivity contribution in [1.29, 1.82) is 0 Å². The van der Waals surface area contributed by atoms with Gasteiger partial charge in [-0.25, -0.2) is 0 Å². The van der Waals surface area contributed by atoms with Crippen molar-refractivity contribution in [3.8, 4) is 33.4 Å². The summed E-state index contributed by atoms with van der Waals surface area (Å²) >= 11 is 1.89. The van der Waals surface area contributed by atoms with Crippen LogP contribution in [0.15, 0.2) is 167 Å². The van der Waals surface area contributed by atoms with Gasteiger partial charge in [-0.05, 0) is 68.1 Å². The molecule has 0 aliphatic carbocycles. The van der Waals surface area contributed by atoms with Crippen molar-refractivity contribution < 1.29 is 8.83 Å². The Hall–Kier alpha value is -6.16. The number of furan rings is 2. The van der Waals surface area contributed by atoms with Gasteiger partial charge in [0, 0.05) is 53.5 Å². The molecule has 0 amide bonds. The molecule has 8 aromatic carbocycles. The Kier molecular flexibility index (Phi) is 5.57. The van der Waals surface area contributed by atoms with Crippen LogP contribution in [0, 0.1) is 0 Å². The van der Waals surface area contributed by atoms with Gasteiger partial charge in [-0.2, -0.15) is 0 Å². The van der Waals surface area contributed by atoms with Gasteiger partial charge in [-0.1, -0.05) is 121 Å². The van der Waals surface area contributed by atoms with E-state index in [1.165, 1.54) is 58.4 Å².